The van der Waals surface area contributed by atoms with Crippen molar-refractivity contribution in [1.29, 1.82) is 0 Å². The summed E-state index contributed by atoms with van der Waals surface area (Å²) < 4.78 is 16.6. The number of hydrogen-bond acceptors (Lipinski definition) is 5. The Bertz CT molecular complexity index is 842. The number of halogens is 1. The summed E-state index contributed by atoms with van der Waals surface area (Å²) in [4.78, 5) is 24.2. The SMILES string of the molecule is CCOc1cc(C(=O)NNC(=O)COc2ccccc2Cl)ccc1OCC(C)C. The maximum Gasteiger partial charge on any atom is 0.276 e. The molecule has 0 aliphatic heterocycles. The van der Waals surface area contributed by atoms with Crippen molar-refractivity contribution in [3.8, 4) is 17.2 Å². The molecule has 0 heterocycles. The predicted molar refractivity (Wildman–Crippen MR) is 110 cm³/mol. The second-order valence-electron chi connectivity index (χ2n) is 6.52. The molecule has 0 saturated carbocycles. The van der Waals surface area contributed by atoms with Gasteiger partial charge in [-0.05, 0) is 43.2 Å². The number of hydrazine groups is 1. The van der Waals surface area contributed by atoms with Gasteiger partial charge in [-0.3, -0.25) is 20.4 Å². The van der Waals surface area contributed by atoms with Gasteiger partial charge in [-0.15, -0.1) is 0 Å². The highest BCUT2D eigenvalue weighted by Crippen LogP contribution is 2.29. The summed E-state index contributed by atoms with van der Waals surface area (Å²) >= 11 is 5.96. The molecular formula is C21H25ClN2O5. The number of ether oxygens (including phenoxy) is 3. The molecule has 0 aliphatic rings. The van der Waals surface area contributed by atoms with Crippen molar-refractivity contribution >= 4 is 23.4 Å². The Kier molecular flexibility index (Phi) is 8.61. The lowest BCUT2D eigenvalue weighted by molar-refractivity contribution is -0.123. The standard InChI is InChI=1S/C21H25ClN2O5/c1-4-27-19-11-15(9-10-18(19)28-12-14(2)3)21(26)24-23-20(25)13-29-17-8-6-5-7-16(17)22/h5-11,14H,4,12-13H2,1-3H3,(H,23,25)(H,24,26). The van der Waals surface area contributed by atoms with Crippen LogP contribution in [0.5, 0.6) is 17.2 Å². The van der Waals surface area contributed by atoms with E-state index in [0.717, 1.165) is 0 Å². The number of amides is 2. The van der Waals surface area contributed by atoms with Crippen molar-refractivity contribution in [2.24, 2.45) is 5.92 Å². The smallest absolute Gasteiger partial charge is 0.276 e. The van der Waals surface area contributed by atoms with E-state index >= 15 is 0 Å². The second-order valence-corrected chi connectivity index (χ2v) is 6.93. The molecule has 0 spiro atoms. The van der Waals surface area contributed by atoms with Crippen LogP contribution in [0.1, 0.15) is 31.1 Å². The molecule has 2 amide bonds. The fraction of sp³-hybridized carbons (Fsp3) is 0.333. The van der Waals surface area contributed by atoms with Crippen molar-refractivity contribution in [3.63, 3.8) is 0 Å². The van der Waals surface area contributed by atoms with Crippen molar-refractivity contribution in [2.45, 2.75) is 20.8 Å². The van der Waals surface area contributed by atoms with Crippen LogP contribution in [0, 0.1) is 5.92 Å². The molecule has 0 bridgehead atoms. The highest BCUT2D eigenvalue weighted by Gasteiger charge is 2.13. The molecule has 0 saturated heterocycles. The molecular weight excluding hydrogens is 396 g/mol. The zero-order valence-corrected chi connectivity index (χ0v) is 17.4. The molecule has 7 nitrogen and oxygen atoms in total. The maximum absolute atomic E-state index is 12.3. The lowest BCUT2D eigenvalue weighted by atomic mass is 10.2. The van der Waals surface area contributed by atoms with E-state index in [1.807, 2.05) is 20.8 Å². The molecule has 0 radical (unpaired) electrons. The van der Waals surface area contributed by atoms with Crippen LogP contribution in [-0.4, -0.2) is 31.6 Å². The molecule has 8 heteroatoms. The highest BCUT2D eigenvalue weighted by molar-refractivity contribution is 6.32. The molecule has 0 unspecified atom stereocenters. The van der Waals surface area contributed by atoms with Gasteiger partial charge >= 0.3 is 0 Å². The molecule has 0 atom stereocenters. The van der Waals surface area contributed by atoms with Crippen LogP contribution >= 0.6 is 11.6 Å². The lowest BCUT2D eigenvalue weighted by Gasteiger charge is -2.15. The van der Waals surface area contributed by atoms with Crippen LogP contribution in [0.15, 0.2) is 42.5 Å². The molecule has 0 fully saturated rings. The van der Waals surface area contributed by atoms with E-state index in [1.165, 1.54) is 0 Å². The van der Waals surface area contributed by atoms with Gasteiger partial charge in [-0.1, -0.05) is 37.6 Å². The van der Waals surface area contributed by atoms with Crippen molar-refractivity contribution in [3.05, 3.63) is 53.1 Å². The average Bonchev–Trinajstić information content (AvgIpc) is 2.70. The van der Waals surface area contributed by atoms with Gasteiger partial charge in [0.15, 0.2) is 18.1 Å². The fourth-order valence-electron chi connectivity index (χ4n) is 2.23. The Labute approximate surface area is 175 Å². The van der Waals surface area contributed by atoms with Gasteiger partial charge in [0.25, 0.3) is 11.8 Å². The summed E-state index contributed by atoms with van der Waals surface area (Å²) in [5.74, 6) is 0.751. The van der Waals surface area contributed by atoms with Gasteiger partial charge in [-0.2, -0.15) is 0 Å². The normalized spacial score (nSPS) is 10.4. The van der Waals surface area contributed by atoms with E-state index < -0.39 is 11.8 Å². The van der Waals surface area contributed by atoms with Gasteiger partial charge in [0.1, 0.15) is 5.75 Å². The van der Waals surface area contributed by atoms with Gasteiger partial charge in [0.05, 0.1) is 18.2 Å². The van der Waals surface area contributed by atoms with Crippen LogP contribution in [0.2, 0.25) is 5.02 Å². The van der Waals surface area contributed by atoms with E-state index in [0.29, 0.717) is 47.0 Å². The summed E-state index contributed by atoms with van der Waals surface area (Å²) in [6, 6.07) is 11.6. The topological polar surface area (TPSA) is 85.9 Å². The summed E-state index contributed by atoms with van der Waals surface area (Å²) in [7, 11) is 0. The van der Waals surface area contributed by atoms with Gasteiger partial charge in [0.2, 0.25) is 0 Å². The van der Waals surface area contributed by atoms with Gasteiger partial charge in [-0.25, -0.2) is 0 Å². The Morgan fingerprint density at radius 3 is 2.41 bits per heavy atom. The number of carbonyl (C=O) groups excluding carboxylic acids is 2. The van der Waals surface area contributed by atoms with E-state index in [9.17, 15) is 9.59 Å². The van der Waals surface area contributed by atoms with Crippen molar-refractivity contribution in [2.75, 3.05) is 19.8 Å². The zero-order chi connectivity index (χ0) is 21.2. The minimum Gasteiger partial charge on any atom is -0.490 e. The van der Waals surface area contributed by atoms with E-state index in [-0.39, 0.29) is 6.61 Å². The zero-order valence-electron chi connectivity index (χ0n) is 16.7. The third-order valence-corrected chi connectivity index (χ3v) is 3.90. The minimum atomic E-state index is -0.528. The van der Waals surface area contributed by atoms with Crippen LogP contribution in [0.3, 0.4) is 0 Å². The number of carbonyl (C=O) groups is 2. The summed E-state index contributed by atoms with van der Waals surface area (Å²) in [5, 5.41) is 0.396. The molecule has 2 aromatic rings. The summed E-state index contributed by atoms with van der Waals surface area (Å²) in [5.41, 5.74) is 4.96. The lowest BCUT2D eigenvalue weighted by Crippen LogP contribution is -2.43. The predicted octanol–water partition coefficient (Wildman–Crippen LogP) is 3.61. The van der Waals surface area contributed by atoms with Crippen LogP contribution in [0.4, 0.5) is 0 Å². The first-order valence-electron chi connectivity index (χ1n) is 9.26. The summed E-state index contributed by atoms with van der Waals surface area (Å²) in [6.45, 7) is 6.60. The van der Waals surface area contributed by atoms with Crippen LogP contribution < -0.4 is 25.1 Å². The average molecular weight is 421 g/mol. The van der Waals surface area contributed by atoms with Gasteiger partial charge < -0.3 is 14.2 Å². The van der Waals surface area contributed by atoms with E-state index in [2.05, 4.69) is 10.9 Å². The largest absolute Gasteiger partial charge is 0.490 e. The number of rotatable bonds is 9. The Balaban J connectivity index is 1.91. The fourth-order valence-corrected chi connectivity index (χ4v) is 2.42. The first kappa shape index (κ1) is 22.4. The second kappa shape index (κ2) is 11.2. The monoisotopic (exact) mass is 420 g/mol. The van der Waals surface area contributed by atoms with Gasteiger partial charge in [0, 0.05) is 5.56 Å². The Morgan fingerprint density at radius 1 is 0.966 bits per heavy atom. The number of benzene rings is 2. The molecule has 0 aliphatic carbocycles. The maximum atomic E-state index is 12.3. The Hall–Kier alpha value is -2.93. The number of hydrogen-bond donors (Lipinski definition) is 2. The minimum absolute atomic E-state index is 0.295. The third kappa shape index (κ3) is 7.19. The highest BCUT2D eigenvalue weighted by atomic mass is 35.5. The Morgan fingerprint density at radius 2 is 1.72 bits per heavy atom. The molecule has 2 N–H and O–H groups in total. The number of nitrogens with one attached hydrogen (secondary N) is 2. The van der Waals surface area contributed by atoms with Crippen molar-refractivity contribution in [1.82, 2.24) is 10.9 Å². The molecule has 156 valence electrons. The first-order valence-corrected chi connectivity index (χ1v) is 9.64. The van der Waals surface area contributed by atoms with E-state index in [1.54, 1.807) is 42.5 Å². The number of para-hydroxylation sites is 1. The summed E-state index contributed by atoms with van der Waals surface area (Å²) in [6.07, 6.45) is 0. The van der Waals surface area contributed by atoms with Crippen molar-refractivity contribution < 1.29 is 23.8 Å². The first-order chi connectivity index (χ1) is 13.9. The molecule has 0 aromatic heterocycles. The van der Waals surface area contributed by atoms with Crippen LogP contribution in [-0.2, 0) is 4.79 Å². The molecule has 29 heavy (non-hydrogen) atoms. The quantitative estimate of drug-likeness (QED) is 0.605. The third-order valence-electron chi connectivity index (χ3n) is 3.59. The molecule has 2 rings (SSSR count). The molecule has 2 aromatic carbocycles. The van der Waals surface area contributed by atoms with E-state index in [4.69, 9.17) is 25.8 Å². The van der Waals surface area contributed by atoms with Crippen LogP contribution in [0.25, 0.3) is 0 Å².